The number of nitrogens with zero attached hydrogens (tertiary/aromatic N) is 4. The molecular formula is C35H36ClFN4O4. The van der Waals surface area contributed by atoms with Crippen LogP contribution in [0.4, 0.5) is 4.39 Å². The van der Waals surface area contributed by atoms with Crippen LogP contribution in [-0.2, 0) is 28.4 Å². The lowest BCUT2D eigenvalue weighted by Gasteiger charge is -2.41. The molecule has 8 nitrogen and oxygen atoms in total. The lowest BCUT2D eigenvalue weighted by molar-refractivity contribution is -0.221. The Balaban J connectivity index is 1.15. The van der Waals surface area contributed by atoms with Gasteiger partial charge in [0, 0.05) is 43.7 Å². The number of imidazole rings is 1. The number of hydrogen-bond acceptors (Lipinski definition) is 7. The third-order valence-corrected chi connectivity index (χ3v) is 9.37. The van der Waals surface area contributed by atoms with E-state index in [1.807, 2.05) is 49.4 Å². The summed E-state index contributed by atoms with van der Waals surface area (Å²) in [5.41, 5.74) is 4.58. The number of rotatable bonds is 9. The zero-order valence-electron chi connectivity index (χ0n) is 25.5. The van der Waals surface area contributed by atoms with Crippen LogP contribution >= 0.6 is 11.6 Å². The van der Waals surface area contributed by atoms with Gasteiger partial charge in [0.2, 0.25) is 0 Å². The maximum atomic E-state index is 14.1. The van der Waals surface area contributed by atoms with Gasteiger partial charge in [0.1, 0.15) is 23.4 Å². The van der Waals surface area contributed by atoms with Crippen LogP contribution in [0, 0.1) is 5.41 Å². The minimum absolute atomic E-state index is 0.287. The Morgan fingerprint density at radius 2 is 2.02 bits per heavy atom. The van der Waals surface area contributed by atoms with E-state index in [0.717, 1.165) is 54.0 Å². The third-order valence-electron chi connectivity index (χ3n) is 9.14. The van der Waals surface area contributed by atoms with Gasteiger partial charge in [-0.3, -0.25) is 14.3 Å². The predicted molar refractivity (Wildman–Crippen MR) is 169 cm³/mol. The minimum Gasteiger partial charge on any atom is -0.462 e. The molecule has 1 unspecified atom stereocenters. The third kappa shape index (κ3) is 5.85. The van der Waals surface area contributed by atoms with Gasteiger partial charge >= 0.3 is 5.97 Å². The summed E-state index contributed by atoms with van der Waals surface area (Å²) in [5, 5.41) is 0.551. The molecular weight excluding hydrogens is 595 g/mol. The van der Waals surface area contributed by atoms with Crippen LogP contribution in [0.3, 0.4) is 0 Å². The number of carbonyl (C=O) groups excluding carboxylic acids is 1. The minimum atomic E-state index is -1.08. The molecule has 1 fully saturated rings. The first-order chi connectivity index (χ1) is 21.8. The smallest absolute Gasteiger partial charge is 0.338 e. The Kier molecular flexibility index (Phi) is 7.88. The van der Waals surface area contributed by atoms with Crippen molar-refractivity contribution in [3.8, 4) is 5.75 Å². The van der Waals surface area contributed by atoms with E-state index in [1.165, 1.54) is 5.57 Å². The van der Waals surface area contributed by atoms with Gasteiger partial charge in [0.25, 0.3) is 5.79 Å². The second kappa shape index (κ2) is 11.9. The Morgan fingerprint density at radius 3 is 2.73 bits per heavy atom. The summed E-state index contributed by atoms with van der Waals surface area (Å²) >= 11 is 6.11. The van der Waals surface area contributed by atoms with Crippen LogP contribution in [-0.4, -0.2) is 51.8 Å². The van der Waals surface area contributed by atoms with Gasteiger partial charge in [-0.05, 0) is 68.2 Å². The number of carbonyl (C=O) groups is 1. The van der Waals surface area contributed by atoms with E-state index < -0.39 is 5.79 Å². The molecule has 0 amide bonds. The molecule has 0 saturated heterocycles. The first kappa shape index (κ1) is 29.9. The summed E-state index contributed by atoms with van der Waals surface area (Å²) in [5.74, 6) is 0.198. The van der Waals surface area contributed by atoms with E-state index in [4.69, 9.17) is 30.8 Å². The molecule has 1 aliphatic carbocycles. The van der Waals surface area contributed by atoms with Crippen LogP contribution < -0.4 is 4.74 Å². The lowest BCUT2D eigenvalue weighted by Crippen LogP contribution is -2.40. The highest BCUT2D eigenvalue weighted by atomic mass is 35.5. The standard InChI is InChI=1S/C35H36ClFN4O4/c1-3-43-33(42)24-8-10-27-28(18-24)41(22-35(21-37)14-15-35)31(39-27)20-40-16-12-23(13-17-40)32-26-6-4-5-7-29(26)44-34(2,45-32)30-11-9-25(36)19-38-30/h4-12,18-19,32H,3,13-17,20-22H2,1-2H3/t32?,34-/m1/s1. The molecule has 3 aliphatic rings. The van der Waals surface area contributed by atoms with E-state index in [9.17, 15) is 9.18 Å². The first-order valence-electron chi connectivity index (χ1n) is 15.5. The molecule has 4 heterocycles. The number of alkyl halides is 1. The van der Waals surface area contributed by atoms with Crippen LogP contribution in [0.25, 0.3) is 11.0 Å². The zero-order valence-corrected chi connectivity index (χ0v) is 26.2. The maximum Gasteiger partial charge on any atom is 0.338 e. The van der Waals surface area contributed by atoms with Crippen molar-refractivity contribution in [3.05, 3.63) is 100 Å². The molecule has 0 spiro atoms. The fraction of sp³-hybridized carbons (Fsp3) is 0.400. The highest BCUT2D eigenvalue weighted by Crippen LogP contribution is 2.49. The molecule has 234 valence electrons. The Hall–Kier alpha value is -3.79. The molecule has 2 aromatic carbocycles. The molecule has 1 saturated carbocycles. The van der Waals surface area contributed by atoms with Gasteiger partial charge in [-0.2, -0.15) is 0 Å². The largest absolute Gasteiger partial charge is 0.462 e. The summed E-state index contributed by atoms with van der Waals surface area (Å²) in [4.78, 5) is 24.3. The Labute approximate surface area is 266 Å². The number of aromatic nitrogens is 3. The molecule has 2 atom stereocenters. The van der Waals surface area contributed by atoms with Crippen molar-refractivity contribution in [2.75, 3.05) is 26.4 Å². The molecule has 10 heteroatoms. The fourth-order valence-corrected chi connectivity index (χ4v) is 6.42. The van der Waals surface area contributed by atoms with Gasteiger partial charge in [0.15, 0.2) is 0 Å². The highest BCUT2D eigenvalue weighted by Gasteiger charge is 2.44. The van der Waals surface area contributed by atoms with Crippen molar-refractivity contribution in [1.29, 1.82) is 0 Å². The molecule has 4 aromatic rings. The van der Waals surface area contributed by atoms with Gasteiger partial charge in [-0.1, -0.05) is 35.9 Å². The normalized spacial score (nSPS) is 22.4. The zero-order chi connectivity index (χ0) is 31.2. The number of hydrogen-bond donors (Lipinski definition) is 0. The highest BCUT2D eigenvalue weighted by molar-refractivity contribution is 6.30. The van der Waals surface area contributed by atoms with Crippen LogP contribution in [0.15, 0.2) is 72.4 Å². The van der Waals surface area contributed by atoms with E-state index >= 15 is 0 Å². The van der Waals surface area contributed by atoms with Gasteiger partial charge < -0.3 is 18.8 Å². The van der Waals surface area contributed by atoms with Crippen LogP contribution in [0.5, 0.6) is 5.75 Å². The average Bonchev–Trinajstić information content (AvgIpc) is 3.76. The van der Waals surface area contributed by atoms with E-state index in [-0.39, 0.29) is 24.2 Å². The first-order valence-corrected chi connectivity index (χ1v) is 15.9. The van der Waals surface area contributed by atoms with Crippen LogP contribution in [0.1, 0.15) is 66.7 Å². The molecule has 2 aromatic heterocycles. The van der Waals surface area contributed by atoms with E-state index in [0.29, 0.717) is 42.5 Å². The van der Waals surface area contributed by atoms with Crippen molar-refractivity contribution in [1.82, 2.24) is 19.4 Å². The number of halogens is 2. The number of para-hydroxylation sites is 1. The van der Waals surface area contributed by atoms with Crippen molar-refractivity contribution in [2.24, 2.45) is 5.41 Å². The molecule has 0 N–H and O–H groups in total. The molecule has 2 aliphatic heterocycles. The Bertz CT molecular complexity index is 1770. The molecule has 0 radical (unpaired) electrons. The van der Waals surface area contributed by atoms with Crippen molar-refractivity contribution < 1.29 is 23.4 Å². The maximum absolute atomic E-state index is 14.1. The fourth-order valence-electron chi connectivity index (χ4n) is 6.31. The summed E-state index contributed by atoms with van der Waals surface area (Å²) in [6.07, 6.45) is 6.06. The SMILES string of the molecule is CCOC(=O)c1ccc2nc(CN3CC=C(C4O[C@](C)(c5ccc(Cl)cn5)Oc5ccccc54)CC3)n(CC3(CF)CC3)c2c1. The second-order valence-corrected chi connectivity index (χ2v) is 12.8. The quantitative estimate of drug-likeness (QED) is 0.143. The lowest BCUT2D eigenvalue weighted by atomic mass is 9.93. The topological polar surface area (TPSA) is 78.7 Å². The van der Waals surface area contributed by atoms with Crippen LogP contribution in [0.2, 0.25) is 5.02 Å². The van der Waals surface area contributed by atoms with Gasteiger partial charge in [-0.15, -0.1) is 0 Å². The number of esters is 1. The number of ether oxygens (including phenoxy) is 3. The number of fused-ring (bicyclic) bond motifs is 2. The van der Waals surface area contributed by atoms with Crippen molar-refractivity contribution in [3.63, 3.8) is 0 Å². The summed E-state index contributed by atoms with van der Waals surface area (Å²) in [6, 6.07) is 17.0. The number of pyridine rings is 1. The summed E-state index contributed by atoms with van der Waals surface area (Å²) in [6.45, 7) is 6.28. The van der Waals surface area contributed by atoms with Gasteiger partial charge in [-0.25, -0.2) is 9.78 Å². The van der Waals surface area contributed by atoms with Crippen molar-refractivity contribution in [2.45, 2.75) is 58.1 Å². The van der Waals surface area contributed by atoms with Crippen molar-refractivity contribution >= 4 is 28.6 Å². The predicted octanol–water partition coefficient (Wildman–Crippen LogP) is 7.17. The summed E-state index contributed by atoms with van der Waals surface area (Å²) in [7, 11) is 0. The summed E-state index contributed by atoms with van der Waals surface area (Å²) < 4.78 is 34.5. The second-order valence-electron chi connectivity index (χ2n) is 12.4. The molecule has 0 bridgehead atoms. The van der Waals surface area contributed by atoms with E-state index in [2.05, 4.69) is 20.5 Å². The van der Waals surface area contributed by atoms with Gasteiger partial charge in [0.05, 0.1) is 41.4 Å². The monoisotopic (exact) mass is 630 g/mol. The number of benzene rings is 2. The average molecular weight is 631 g/mol. The Morgan fingerprint density at radius 1 is 1.18 bits per heavy atom. The molecule has 45 heavy (non-hydrogen) atoms. The molecule has 7 rings (SSSR count). The van der Waals surface area contributed by atoms with E-state index in [1.54, 1.807) is 25.3 Å².